The third-order valence-electron chi connectivity index (χ3n) is 2.64. The van der Waals surface area contributed by atoms with Gasteiger partial charge in [0.1, 0.15) is 0 Å². The molecule has 1 aliphatic rings. The van der Waals surface area contributed by atoms with Crippen LogP contribution in [0.25, 0.3) is 0 Å². The van der Waals surface area contributed by atoms with E-state index in [0.717, 1.165) is 0 Å². The van der Waals surface area contributed by atoms with Crippen molar-refractivity contribution in [2.24, 2.45) is 5.73 Å². The monoisotopic (exact) mass is 248 g/mol. The van der Waals surface area contributed by atoms with Crippen molar-refractivity contribution in [3.63, 3.8) is 0 Å². The fraction of sp³-hybridized carbons (Fsp3) is 0.455. The Kier molecular flexibility index (Phi) is 6.73. The summed E-state index contributed by atoms with van der Waals surface area (Å²) in [6, 6.07) is 8.59. The van der Waals surface area contributed by atoms with Crippen molar-refractivity contribution in [1.29, 1.82) is 0 Å². The summed E-state index contributed by atoms with van der Waals surface area (Å²) < 4.78 is 0. The van der Waals surface area contributed by atoms with Gasteiger partial charge in [0, 0.05) is 25.3 Å². The zero-order chi connectivity index (χ0) is 9.10. The number of anilines is 1. The van der Waals surface area contributed by atoms with Crippen LogP contribution in [0.3, 0.4) is 0 Å². The molecule has 0 radical (unpaired) electrons. The van der Waals surface area contributed by atoms with Crippen molar-refractivity contribution >= 4 is 30.5 Å². The van der Waals surface area contributed by atoms with Crippen LogP contribution in [0.15, 0.2) is 24.3 Å². The molecule has 0 unspecified atom stereocenters. The maximum absolute atomic E-state index is 5.54. The normalized spacial score (nSPS) is 14.3. The fourth-order valence-corrected chi connectivity index (χ4v) is 1.82. The molecule has 1 saturated heterocycles. The number of benzene rings is 1. The molecule has 2 N–H and O–H groups in total. The number of nitrogens with zero attached hydrogens (tertiary/aromatic N) is 1. The van der Waals surface area contributed by atoms with Gasteiger partial charge in [-0.1, -0.05) is 12.1 Å². The Hall–Kier alpha value is -0.440. The number of hydrogen-bond donors (Lipinski definition) is 1. The summed E-state index contributed by atoms with van der Waals surface area (Å²) in [5.41, 5.74) is 8.09. The van der Waals surface area contributed by atoms with Crippen LogP contribution >= 0.6 is 24.8 Å². The summed E-state index contributed by atoms with van der Waals surface area (Å²) in [6.07, 6.45) is 2.66. The van der Waals surface area contributed by atoms with E-state index in [4.69, 9.17) is 5.73 Å². The summed E-state index contributed by atoms with van der Waals surface area (Å²) in [5, 5.41) is 0. The van der Waals surface area contributed by atoms with Crippen molar-refractivity contribution in [2.45, 2.75) is 19.4 Å². The first-order chi connectivity index (χ1) is 6.40. The van der Waals surface area contributed by atoms with Gasteiger partial charge in [-0.2, -0.15) is 0 Å². The van der Waals surface area contributed by atoms with E-state index in [9.17, 15) is 0 Å². The Morgan fingerprint density at radius 1 is 1.00 bits per heavy atom. The van der Waals surface area contributed by atoms with Crippen molar-refractivity contribution in [1.82, 2.24) is 0 Å². The molecular weight excluding hydrogens is 231 g/mol. The standard InChI is InChI=1S/C11H16N2.2ClH/c12-9-10-3-5-11(6-4-10)13-7-1-2-8-13;;/h3-6H,1-2,7-9,12H2;2*1H. The van der Waals surface area contributed by atoms with Gasteiger partial charge in [-0.3, -0.25) is 0 Å². The van der Waals surface area contributed by atoms with Gasteiger partial charge < -0.3 is 10.6 Å². The van der Waals surface area contributed by atoms with Gasteiger partial charge in [0.2, 0.25) is 0 Å². The molecule has 0 spiro atoms. The van der Waals surface area contributed by atoms with Crippen LogP contribution in [-0.2, 0) is 6.54 Å². The van der Waals surface area contributed by atoms with Crippen LogP contribution in [0.4, 0.5) is 5.69 Å². The van der Waals surface area contributed by atoms with E-state index in [1.165, 1.54) is 37.2 Å². The topological polar surface area (TPSA) is 29.3 Å². The molecule has 0 aliphatic carbocycles. The average molecular weight is 249 g/mol. The highest BCUT2D eigenvalue weighted by Gasteiger charge is 2.11. The van der Waals surface area contributed by atoms with Gasteiger partial charge in [-0.05, 0) is 30.5 Å². The van der Waals surface area contributed by atoms with E-state index >= 15 is 0 Å². The highest BCUT2D eigenvalue weighted by molar-refractivity contribution is 5.85. The summed E-state index contributed by atoms with van der Waals surface area (Å²) in [4.78, 5) is 2.43. The van der Waals surface area contributed by atoms with Crippen molar-refractivity contribution in [3.8, 4) is 0 Å². The number of hydrogen-bond acceptors (Lipinski definition) is 2. The maximum atomic E-state index is 5.54. The minimum Gasteiger partial charge on any atom is -0.372 e. The van der Waals surface area contributed by atoms with Crippen LogP contribution in [0.2, 0.25) is 0 Å². The Labute approximate surface area is 104 Å². The van der Waals surface area contributed by atoms with Crippen molar-refractivity contribution < 1.29 is 0 Å². The molecule has 0 aromatic heterocycles. The first-order valence-corrected chi connectivity index (χ1v) is 4.94. The van der Waals surface area contributed by atoms with Crippen LogP contribution < -0.4 is 10.6 Å². The van der Waals surface area contributed by atoms with E-state index in [2.05, 4.69) is 29.2 Å². The van der Waals surface area contributed by atoms with Crippen molar-refractivity contribution in [3.05, 3.63) is 29.8 Å². The predicted molar refractivity (Wildman–Crippen MR) is 70.3 cm³/mol. The van der Waals surface area contributed by atoms with Crippen LogP contribution in [0.5, 0.6) is 0 Å². The molecule has 15 heavy (non-hydrogen) atoms. The molecular formula is C11H18Cl2N2. The third kappa shape index (κ3) is 3.56. The van der Waals surface area contributed by atoms with Gasteiger partial charge in [0.25, 0.3) is 0 Å². The smallest absolute Gasteiger partial charge is 0.0366 e. The Bertz CT molecular complexity index is 268. The molecule has 1 fully saturated rings. The molecule has 2 nitrogen and oxygen atoms in total. The summed E-state index contributed by atoms with van der Waals surface area (Å²) in [5.74, 6) is 0. The highest BCUT2D eigenvalue weighted by Crippen LogP contribution is 2.20. The molecule has 1 heterocycles. The van der Waals surface area contributed by atoms with Crippen molar-refractivity contribution in [2.75, 3.05) is 18.0 Å². The lowest BCUT2D eigenvalue weighted by Gasteiger charge is -2.17. The molecule has 0 bridgehead atoms. The molecule has 1 aliphatic heterocycles. The lowest BCUT2D eigenvalue weighted by molar-refractivity contribution is 0.949. The molecule has 1 aromatic carbocycles. The largest absolute Gasteiger partial charge is 0.372 e. The number of halogens is 2. The van der Waals surface area contributed by atoms with Gasteiger partial charge >= 0.3 is 0 Å². The van der Waals surface area contributed by atoms with Crippen LogP contribution in [0.1, 0.15) is 18.4 Å². The Morgan fingerprint density at radius 3 is 2.00 bits per heavy atom. The second kappa shape index (κ2) is 6.94. The molecule has 86 valence electrons. The minimum atomic E-state index is 0. The van der Waals surface area contributed by atoms with Crippen LogP contribution in [0, 0.1) is 0 Å². The SMILES string of the molecule is Cl.Cl.NCc1ccc(N2CCCC2)cc1. The average Bonchev–Trinajstić information content (AvgIpc) is 2.71. The molecule has 0 saturated carbocycles. The van der Waals surface area contributed by atoms with E-state index in [0.29, 0.717) is 6.54 Å². The number of nitrogens with two attached hydrogens (primary N) is 1. The summed E-state index contributed by atoms with van der Waals surface area (Å²) >= 11 is 0. The first kappa shape index (κ1) is 14.6. The molecule has 1 aromatic rings. The molecule has 2 rings (SSSR count). The van der Waals surface area contributed by atoms with E-state index in [1.807, 2.05) is 0 Å². The van der Waals surface area contributed by atoms with Gasteiger partial charge in [-0.15, -0.1) is 24.8 Å². The molecule has 4 heteroatoms. The number of rotatable bonds is 2. The maximum Gasteiger partial charge on any atom is 0.0366 e. The van der Waals surface area contributed by atoms with Gasteiger partial charge in [-0.25, -0.2) is 0 Å². The lowest BCUT2D eigenvalue weighted by atomic mass is 10.2. The minimum absolute atomic E-state index is 0. The Morgan fingerprint density at radius 2 is 1.53 bits per heavy atom. The quantitative estimate of drug-likeness (QED) is 0.872. The molecule has 0 atom stereocenters. The summed E-state index contributed by atoms with van der Waals surface area (Å²) in [7, 11) is 0. The van der Waals surface area contributed by atoms with Gasteiger partial charge in [0.15, 0.2) is 0 Å². The second-order valence-corrected chi connectivity index (χ2v) is 3.56. The van der Waals surface area contributed by atoms with E-state index in [-0.39, 0.29) is 24.8 Å². The Balaban J connectivity index is 0.000000980. The first-order valence-electron chi connectivity index (χ1n) is 4.94. The second-order valence-electron chi connectivity index (χ2n) is 3.56. The zero-order valence-electron chi connectivity index (χ0n) is 8.69. The van der Waals surface area contributed by atoms with E-state index < -0.39 is 0 Å². The molecule has 0 amide bonds. The lowest BCUT2D eigenvalue weighted by Crippen LogP contribution is -2.17. The third-order valence-corrected chi connectivity index (χ3v) is 2.64. The van der Waals surface area contributed by atoms with Gasteiger partial charge in [0.05, 0.1) is 0 Å². The zero-order valence-corrected chi connectivity index (χ0v) is 10.3. The van der Waals surface area contributed by atoms with E-state index in [1.54, 1.807) is 0 Å². The summed E-state index contributed by atoms with van der Waals surface area (Å²) in [6.45, 7) is 3.06. The predicted octanol–water partition coefficient (Wildman–Crippen LogP) is 2.59. The highest BCUT2D eigenvalue weighted by atomic mass is 35.5. The van der Waals surface area contributed by atoms with Crippen LogP contribution in [-0.4, -0.2) is 13.1 Å². The fourth-order valence-electron chi connectivity index (χ4n) is 1.82.